The number of benzene rings is 2. The van der Waals surface area contributed by atoms with Crippen LogP contribution in [0.5, 0.6) is 0 Å². The maximum Gasteiger partial charge on any atom is 0.335 e. The van der Waals surface area contributed by atoms with E-state index in [1.54, 1.807) is 12.1 Å². The molecule has 3 aromatic rings. The zero-order valence-corrected chi connectivity index (χ0v) is 19.2. The molecule has 1 aliphatic heterocycles. The largest absolute Gasteiger partial charge is 0.335 e. The van der Waals surface area contributed by atoms with Gasteiger partial charge < -0.3 is 4.57 Å². The summed E-state index contributed by atoms with van der Waals surface area (Å²) in [5.41, 5.74) is 3.30. The standard InChI is InChI=1S/C23H16Cl3N3O3/c1-12-9-14(13(2)28(12)16-5-3-15(24)4-6-16)10-18-21(30)27-23(32)29(22(18)31)17-7-8-19(25)20(26)11-17/h3-11H,1-2H3,(H,27,30,32)/b18-10+. The molecule has 0 spiro atoms. The van der Waals surface area contributed by atoms with E-state index in [-0.39, 0.29) is 21.3 Å². The summed E-state index contributed by atoms with van der Waals surface area (Å²) in [6.07, 6.45) is 1.48. The zero-order chi connectivity index (χ0) is 23.2. The molecule has 0 radical (unpaired) electrons. The van der Waals surface area contributed by atoms with E-state index < -0.39 is 17.8 Å². The van der Waals surface area contributed by atoms with Crippen LogP contribution in [0.4, 0.5) is 10.5 Å². The van der Waals surface area contributed by atoms with Crippen molar-refractivity contribution in [1.29, 1.82) is 0 Å². The molecule has 6 nitrogen and oxygen atoms in total. The van der Waals surface area contributed by atoms with Crippen molar-refractivity contribution in [3.8, 4) is 5.69 Å². The van der Waals surface area contributed by atoms with Crippen molar-refractivity contribution in [2.45, 2.75) is 13.8 Å². The number of anilines is 1. The van der Waals surface area contributed by atoms with Gasteiger partial charge in [-0.05, 0) is 74.0 Å². The molecule has 0 bridgehead atoms. The third kappa shape index (κ3) is 3.93. The fourth-order valence-corrected chi connectivity index (χ4v) is 4.01. The Labute approximate surface area is 199 Å². The van der Waals surface area contributed by atoms with Gasteiger partial charge in [-0.1, -0.05) is 34.8 Å². The Morgan fingerprint density at radius 2 is 1.50 bits per heavy atom. The molecule has 0 atom stereocenters. The summed E-state index contributed by atoms with van der Waals surface area (Å²) in [7, 11) is 0. The molecule has 1 aromatic heterocycles. The molecule has 162 valence electrons. The van der Waals surface area contributed by atoms with Crippen molar-refractivity contribution in [2.75, 3.05) is 4.90 Å². The second-order valence-electron chi connectivity index (χ2n) is 7.19. The van der Waals surface area contributed by atoms with Gasteiger partial charge in [0.2, 0.25) is 0 Å². The second kappa shape index (κ2) is 8.47. The van der Waals surface area contributed by atoms with E-state index in [9.17, 15) is 14.4 Å². The molecular formula is C23H16Cl3N3O3. The maximum atomic E-state index is 13.1. The quantitative estimate of drug-likeness (QED) is 0.378. The van der Waals surface area contributed by atoms with Crippen LogP contribution in [-0.4, -0.2) is 22.4 Å². The SMILES string of the molecule is Cc1cc(/C=C2\C(=O)NC(=O)N(c3ccc(Cl)c(Cl)c3)C2=O)c(C)n1-c1ccc(Cl)cc1. The number of halogens is 3. The topological polar surface area (TPSA) is 71.4 Å². The van der Waals surface area contributed by atoms with Crippen LogP contribution in [-0.2, 0) is 9.59 Å². The lowest BCUT2D eigenvalue weighted by Gasteiger charge is -2.26. The van der Waals surface area contributed by atoms with Gasteiger partial charge in [0.25, 0.3) is 11.8 Å². The molecular weight excluding hydrogens is 473 g/mol. The summed E-state index contributed by atoms with van der Waals surface area (Å²) in [4.78, 5) is 38.9. The Hall–Kier alpha value is -3.06. The molecule has 0 saturated carbocycles. The molecule has 9 heteroatoms. The van der Waals surface area contributed by atoms with Crippen molar-refractivity contribution >= 4 is 64.4 Å². The first-order valence-corrected chi connectivity index (χ1v) is 10.6. The van der Waals surface area contributed by atoms with E-state index in [4.69, 9.17) is 34.8 Å². The van der Waals surface area contributed by atoms with Crippen LogP contribution < -0.4 is 10.2 Å². The molecule has 0 unspecified atom stereocenters. The summed E-state index contributed by atoms with van der Waals surface area (Å²) < 4.78 is 1.98. The number of urea groups is 1. The number of hydrogen-bond donors (Lipinski definition) is 1. The van der Waals surface area contributed by atoms with E-state index in [0.717, 1.165) is 22.0 Å². The summed E-state index contributed by atoms with van der Waals surface area (Å²) in [5, 5.41) is 3.28. The third-order valence-corrected chi connectivity index (χ3v) is 6.11. The number of barbiturate groups is 1. The van der Waals surface area contributed by atoms with Crippen LogP contribution in [0.15, 0.2) is 54.1 Å². The Morgan fingerprint density at radius 1 is 0.844 bits per heavy atom. The Bertz CT molecular complexity index is 1310. The molecule has 0 aliphatic carbocycles. The van der Waals surface area contributed by atoms with Gasteiger partial charge in [0.1, 0.15) is 5.57 Å². The van der Waals surface area contributed by atoms with E-state index in [2.05, 4.69) is 5.32 Å². The molecule has 1 saturated heterocycles. The normalized spacial score (nSPS) is 15.5. The Kier molecular flexibility index (Phi) is 5.86. The van der Waals surface area contributed by atoms with Gasteiger partial charge in [-0.25, -0.2) is 9.69 Å². The summed E-state index contributed by atoms with van der Waals surface area (Å²) >= 11 is 18.0. The average Bonchev–Trinajstić information content (AvgIpc) is 3.01. The number of rotatable bonds is 3. The van der Waals surface area contributed by atoms with Crippen LogP contribution in [0.2, 0.25) is 15.1 Å². The molecule has 1 fully saturated rings. The van der Waals surface area contributed by atoms with Crippen molar-refractivity contribution in [3.05, 3.63) is 86.1 Å². The molecule has 4 amide bonds. The lowest BCUT2D eigenvalue weighted by molar-refractivity contribution is -0.122. The maximum absolute atomic E-state index is 13.1. The highest BCUT2D eigenvalue weighted by Crippen LogP contribution is 2.30. The molecule has 1 aliphatic rings. The number of hydrogen-bond acceptors (Lipinski definition) is 3. The number of imide groups is 2. The number of nitrogens with one attached hydrogen (secondary N) is 1. The predicted molar refractivity (Wildman–Crippen MR) is 126 cm³/mol. The van der Waals surface area contributed by atoms with Crippen LogP contribution in [0.25, 0.3) is 11.8 Å². The summed E-state index contributed by atoms with van der Waals surface area (Å²) in [5.74, 6) is -1.53. The number of nitrogens with zero attached hydrogens (tertiary/aromatic N) is 2. The molecule has 4 rings (SSSR count). The minimum Gasteiger partial charge on any atom is -0.318 e. The minimum absolute atomic E-state index is 0.174. The van der Waals surface area contributed by atoms with Gasteiger partial charge >= 0.3 is 6.03 Å². The first kappa shape index (κ1) is 22.1. The summed E-state index contributed by atoms with van der Waals surface area (Å²) in [6.45, 7) is 3.79. The van der Waals surface area contributed by atoms with E-state index in [0.29, 0.717) is 10.6 Å². The fraction of sp³-hybridized carbons (Fsp3) is 0.0870. The van der Waals surface area contributed by atoms with Gasteiger partial charge in [0, 0.05) is 22.1 Å². The van der Waals surface area contributed by atoms with Crippen molar-refractivity contribution < 1.29 is 14.4 Å². The number of aromatic nitrogens is 1. The highest BCUT2D eigenvalue weighted by Gasteiger charge is 2.37. The highest BCUT2D eigenvalue weighted by atomic mass is 35.5. The minimum atomic E-state index is -0.859. The molecule has 2 heterocycles. The van der Waals surface area contributed by atoms with Gasteiger partial charge in [-0.3, -0.25) is 14.9 Å². The zero-order valence-electron chi connectivity index (χ0n) is 16.9. The number of carbonyl (C=O) groups is 3. The van der Waals surface area contributed by atoms with Gasteiger partial charge in [0.15, 0.2) is 0 Å². The van der Waals surface area contributed by atoms with E-state index >= 15 is 0 Å². The lowest BCUT2D eigenvalue weighted by Crippen LogP contribution is -2.54. The van der Waals surface area contributed by atoms with Crippen molar-refractivity contribution in [1.82, 2.24) is 9.88 Å². The van der Waals surface area contributed by atoms with Crippen LogP contribution in [0, 0.1) is 13.8 Å². The van der Waals surface area contributed by atoms with Gasteiger partial charge in [-0.2, -0.15) is 0 Å². The number of amides is 4. The number of carbonyl (C=O) groups excluding carboxylic acids is 3. The molecule has 2 aromatic carbocycles. The second-order valence-corrected chi connectivity index (χ2v) is 8.45. The summed E-state index contributed by atoms with van der Waals surface area (Å²) in [6, 6.07) is 12.7. The van der Waals surface area contributed by atoms with Crippen molar-refractivity contribution in [2.24, 2.45) is 0 Å². The van der Waals surface area contributed by atoms with E-state index in [1.807, 2.05) is 36.6 Å². The van der Waals surface area contributed by atoms with Crippen molar-refractivity contribution in [3.63, 3.8) is 0 Å². The first-order chi connectivity index (χ1) is 15.2. The Balaban J connectivity index is 1.76. The molecule has 32 heavy (non-hydrogen) atoms. The van der Waals surface area contributed by atoms with Gasteiger partial charge in [-0.15, -0.1) is 0 Å². The number of aryl methyl sites for hydroxylation is 1. The van der Waals surface area contributed by atoms with E-state index in [1.165, 1.54) is 24.3 Å². The first-order valence-electron chi connectivity index (χ1n) is 9.49. The third-order valence-electron chi connectivity index (χ3n) is 5.12. The van der Waals surface area contributed by atoms with Gasteiger partial charge in [0.05, 0.1) is 15.7 Å². The van der Waals surface area contributed by atoms with Crippen LogP contribution in [0.3, 0.4) is 0 Å². The van der Waals surface area contributed by atoms with Crippen LogP contribution >= 0.6 is 34.8 Å². The average molecular weight is 489 g/mol. The monoisotopic (exact) mass is 487 g/mol. The Morgan fingerprint density at radius 3 is 2.16 bits per heavy atom. The highest BCUT2D eigenvalue weighted by molar-refractivity contribution is 6.43. The fourth-order valence-electron chi connectivity index (χ4n) is 3.59. The molecule has 1 N–H and O–H groups in total. The predicted octanol–water partition coefficient (Wildman–Crippen LogP) is 5.72. The lowest BCUT2D eigenvalue weighted by atomic mass is 10.1. The van der Waals surface area contributed by atoms with Crippen LogP contribution in [0.1, 0.15) is 17.0 Å². The smallest absolute Gasteiger partial charge is 0.318 e.